The minimum absolute atomic E-state index is 0.00964. The maximum Gasteiger partial charge on any atom is 0.161 e. The largest absolute Gasteiger partial charge is 0.504 e. The van der Waals surface area contributed by atoms with Crippen molar-refractivity contribution < 1.29 is 10.2 Å². The van der Waals surface area contributed by atoms with Gasteiger partial charge in [0.15, 0.2) is 11.5 Å². The Balaban J connectivity index is 1.97. The van der Waals surface area contributed by atoms with E-state index in [0.717, 1.165) is 31.4 Å². The second kappa shape index (κ2) is 4.75. The zero-order valence-corrected chi connectivity index (χ0v) is 12.8. The van der Waals surface area contributed by atoms with E-state index in [4.69, 9.17) is 0 Å². The van der Waals surface area contributed by atoms with Gasteiger partial charge in [-0.2, -0.15) is 0 Å². The molecule has 0 aromatic heterocycles. The maximum atomic E-state index is 10.4. The van der Waals surface area contributed by atoms with Crippen molar-refractivity contribution in [2.45, 2.75) is 30.7 Å². The van der Waals surface area contributed by atoms with Crippen LogP contribution in [0.5, 0.6) is 11.5 Å². The van der Waals surface area contributed by atoms with Gasteiger partial charge in [0.1, 0.15) is 0 Å². The molecule has 0 amide bonds. The van der Waals surface area contributed by atoms with Crippen LogP contribution in [0.4, 0.5) is 0 Å². The molecule has 4 rings (SSSR count). The molecule has 2 aromatic rings. The molecular weight excluding hydrogens is 274 g/mol. The molecule has 1 saturated heterocycles. The van der Waals surface area contributed by atoms with Crippen molar-refractivity contribution in [2.24, 2.45) is 0 Å². The zero-order valence-electron chi connectivity index (χ0n) is 12.8. The molecule has 1 aliphatic carbocycles. The first-order valence-electron chi connectivity index (χ1n) is 7.92. The Hall–Kier alpha value is -2.00. The standard InChI is InChI=1S/C19H21NO2/c1-20-10-9-19(13-5-3-2-4-6-13)12-14(20)11-15-16(19)7-8-17(21)18(15)22/h2-8,14,21-22H,9-12H2,1H3/t14-,19+/m1/s1. The first kappa shape index (κ1) is 13.6. The number of phenols is 2. The predicted octanol–water partition coefficient (Wildman–Crippen LogP) is 3.03. The van der Waals surface area contributed by atoms with E-state index in [0.29, 0.717) is 6.04 Å². The van der Waals surface area contributed by atoms with Crippen LogP contribution in [0.1, 0.15) is 29.5 Å². The van der Waals surface area contributed by atoms with Crippen LogP contribution in [0.15, 0.2) is 42.5 Å². The molecule has 2 atom stereocenters. The van der Waals surface area contributed by atoms with E-state index in [1.807, 2.05) is 12.1 Å². The third-order valence-corrected chi connectivity index (χ3v) is 5.64. The Morgan fingerprint density at radius 3 is 2.64 bits per heavy atom. The number of aromatic hydroxyl groups is 2. The molecule has 3 heteroatoms. The average Bonchev–Trinajstić information content (AvgIpc) is 2.56. The van der Waals surface area contributed by atoms with E-state index >= 15 is 0 Å². The molecule has 1 heterocycles. The minimum atomic E-state index is -0.0444. The molecule has 2 aromatic carbocycles. The first-order valence-corrected chi connectivity index (χ1v) is 7.92. The fraction of sp³-hybridized carbons (Fsp3) is 0.368. The number of hydrogen-bond donors (Lipinski definition) is 2. The van der Waals surface area contributed by atoms with Crippen molar-refractivity contribution >= 4 is 0 Å². The molecular formula is C19H21NO2. The van der Waals surface area contributed by atoms with Crippen molar-refractivity contribution in [3.8, 4) is 11.5 Å². The summed E-state index contributed by atoms with van der Waals surface area (Å²) < 4.78 is 0. The SMILES string of the molecule is CN1CC[C@@]2(c3ccccc3)C[C@H]1Cc1c2ccc(O)c1O. The van der Waals surface area contributed by atoms with Gasteiger partial charge in [-0.05, 0) is 50.0 Å². The summed E-state index contributed by atoms with van der Waals surface area (Å²) in [6.45, 7) is 1.06. The van der Waals surface area contributed by atoms with Gasteiger partial charge in [0.05, 0.1) is 0 Å². The molecule has 0 saturated carbocycles. The average molecular weight is 295 g/mol. The van der Waals surface area contributed by atoms with Crippen LogP contribution >= 0.6 is 0 Å². The first-order chi connectivity index (χ1) is 10.6. The fourth-order valence-corrected chi connectivity index (χ4v) is 4.37. The topological polar surface area (TPSA) is 43.7 Å². The second-order valence-corrected chi connectivity index (χ2v) is 6.70. The summed E-state index contributed by atoms with van der Waals surface area (Å²) in [7, 11) is 2.16. The van der Waals surface area contributed by atoms with E-state index in [1.54, 1.807) is 6.07 Å². The van der Waals surface area contributed by atoms with Crippen molar-refractivity contribution in [3.63, 3.8) is 0 Å². The number of benzene rings is 2. The lowest BCUT2D eigenvalue weighted by molar-refractivity contribution is 0.122. The number of rotatable bonds is 1. The highest BCUT2D eigenvalue weighted by atomic mass is 16.3. The summed E-state index contributed by atoms with van der Waals surface area (Å²) in [6, 6.07) is 14.7. The smallest absolute Gasteiger partial charge is 0.161 e. The number of phenolic OH excluding ortho intramolecular Hbond substituents is 2. The fourth-order valence-electron chi connectivity index (χ4n) is 4.37. The maximum absolute atomic E-state index is 10.4. The van der Waals surface area contributed by atoms with Crippen LogP contribution in [-0.4, -0.2) is 34.7 Å². The summed E-state index contributed by atoms with van der Waals surface area (Å²) in [5.74, 6) is 0.0578. The van der Waals surface area contributed by atoms with Crippen molar-refractivity contribution in [1.29, 1.82) is 0 Å². The third-order valence-electron chi connectivity index (χ3n) is 5.64. The Bertz CT molecular complexity index is 713. The van der Waals surface area contributed by atoms with Crippen LogP contribution in [-0.2, 0) is 11.8 Å². The molecule has 1 aliphatic heterocycles. The van der Waals surface area contributed by atoms with Crippen LogP contribution in [0.3, 0.4) is 0 Å². The van der Waals surface area contributed by atoms with Gasteiger partial charge < -0.3 is 15.1 Å². The van der Waals surface area contributed by atoms with Gasteiger partial charge >= 0.3 is 0 Å². The lowest BCUT2D eigenvalue weighted by Crippen LogP contribution is -2.52. The third kappa shape index (κ3) is 1.78. The van der Waals surface area contributed by atoms with E-state index in [9.17, 15) is 10.2 Å². The van der Waals surface area contributed by atoms with Crippen molar-refractivity contribution in [2.75, 3.05) is 13.6 Å². The highest BCUT2D eigenvalue weighted by Crippen LogP contribution is 2.52. The monoisotopic (exact) mass is 295 g/mol. The Labute approximate surface area is 130 Å². The molecule has 0 spiro atoms. The second-order valence-electron chi connectivity index (χ2n) is 6.70. The number of nitrogens with zero attached hydrogens (tertiary/aromatic N) is 1. The van der Waals surface area contributed by atoms with E-state index in [2.05, 4.69) is 36.2 Å². The van der Waals surface area contributed by atoms with Crippen LogP contribution in [0.2, 0.25) is 0 Å². The molecule has 3 nitrogen and oxygen atoms in total. The van der Waals surface area contributed by atoms with E-state index in [-0.39, 0.29) is 16.9 Å². The number of hydrogen-bond acceptors (Lipinski definition) is 3. The minimum Gasteiger partial charge on any atom is -0.504 e. The molecule has 114 valence electrons. The summed E-state index contributed by atoms with van der Waals surface area (Å²) >= 11 is 0. The van der Waals surface area contributed by atoms with Crippen molar-refractivity contribution in [1.82, 2.24) is 4.90 Å². The van der Waals surface area contributed by atoms with E-state index < -0.39 is 0 Å². The molecule has 22 heavy (non-hydrogen) atoms. The quantitative estimate of drug-likeness (QED) is 0.795. The van der Waals surface area contributed by atoms with Gasteiger partial charge in [0, 0.05) is 17.0 Å². The molecule has 2 bridgehead atoms. The summed E-state index contributed by atoms with van der Waals surface area (Å²) in [6.07, 6.45) is 2.92. The summed E-state index contributed by atoms with van der Waals surface area (Å²) in [5, 5.41) is 20.3. The Morgan fingerprint density at radius 1 is 1.09 bits per heavy atom. The molecule has 0 radical (unpaired) electrons. The zero-order chi connectivity index (χ0) is 15.3. The number of likely N-dealkylation sites (N-methyl/N-ethyl adjacent to an activating group) is 1. The number of piperidine rings is 1. The normalized spacial score (nSPS) is 27.4. The van der Waals surface area contributed by atoms with E-state index in [1.165, 1.54) is 11.1 Å². The van der Waals surface area contributed by atoms with Gasteiger partial charge in [0.25, 0.3) is 0 Å². The Kier molecular flexibility index (Phi) is 2.95. The highest BCUT2D eigenvalue weighted by Gasteiger charge is 2.46. The summed E-state index contributed by atoms with van der Waals surface area (Å²) in [5.41, 5.74) is 3.39. The summed E-state index contributed by atoms with van der Waals surface area (Å²) in [4.78, 5) is 2.38. The molecule has 2 aliphatic rings. The predicted molar refractivity (Wildman–Crippen MR) is 86.3 cm³/mol. The Morgan fingerprint density at radius 2 is 1.86 bits per heavy atom. The molecule has 2 N–H and O–H groups in total. The highest BCUT2D eigenvalue weighted by molar-refractivity contribution is 5.57. The van der Waals surface area contributed by atoms with Crippen LogP contribution in [0, 0.1) is 0 Å². The number of fused-ring (bicyclic) bond motifs is 4. The molecule has 1 fully saturated rings. The van der Waals surface area contributed by atoms with Gasteiger partial charge in [-0.3, -0.25) is 0 Å². The van der Waals surface area contributed by atoms with Crippen LogP contribution < -0.4 is 0 Å². The van der Waals surface area contributed by atoms with Crippen LogP contribution in [0.25, 0.3) is 0 Å². The lowest BCUT2D eigenvalue weighted by atomic mass is 9.60. The van der Waals surface area contributed by atoms with Gasteiger partial charge in [-0.15, -0.1) is 0 Å². The van der Waals surface area contributed by atoms with Gasteiger partial charge in [0.2, 0.25) is 0 Å². The van der Waals surface area contributed by atoms with Gasteiger partial charge in [-0.1, -0.05) is 36.4 Å². The number of likely N-dealkylation sites (tertiary alicyclic amines) is 1. The lowest BCUT2D eigenvalue weighted by Gasteiger charge is -2.50. The van der Waals surface area contributed by atoms with Gasteiger partial charge in [-0.25, -0.2) is 0 Å². The molecule has 0 unspecified atom stereocenters. The van der Waals surface area contributed by atoms with Crippen molar-refractivity contribution in [3.05, 3.63) is 59.2 Å².